The molecule has 0 aliphatic heterocycles. The molecule has 0 heterocycles. The molecule has 0 saturated heterocycles. The number of benzene rings is 1. The van der Waals surface area contributed by atoms with Crippen LogP contribution < -0.4 is 16.2 Å². The molecule has 1 amide bonds. The highest BCUT2D eigenvalue weighted by molar-refractivity contribution is 7.89. The fraction of sp³-hybridized carbons (Fsp3) is 0.300. The van der Waals surface area contributed by atoms with Crippen LogP contribution in [0.25, 0.3) is 0 Å². The van der Waals surface area contributed by atoms with E-state index in [1.807, 2.05) is 0 Å². The number of anilines is 1. The molecule has 5 N–H and O–H groups in total. The van der Waals surface area contributed by atoms with E-state index in [1.54, 1.807) is 0 Å². The summed E-state index contributed by atoms with van der Waals surface area (Å²) in [5, 5.41) is 7.24. The van der Waals surface area contributed by atoms with Gasteiger partial charge in [0.1, 0.15) is 5.82 Å². The minimum absolute atomic E-state index is 0.0862. The second-order valence-corrected chi connectivity index (χ2v) is 5.48. The third-order valence-electron chi connectivity index (χ3n) is 2.07. The van der Waals surface area contributed by atoms with Crippen molar-refractivity contribution in [2.24, 2.45) is 5.14 Å². The Kier molecular flexibility index (Phi) is 4.62. The lowest BCUT2D eigenvalue weighted by molar-refractivity contribution is 0.0953. The lowest BCUT2D eigenvalue weighted by atomic mass is 10.2. The summed E-state index contributed by atoms with van der Waals surface area (Å²) >= 11 is 0. The topological polar surface area (TPSA) is 115 Å². The smallest absolute Gasteiger partial charge is 0.251 e. The van der Waals surface area contributed by atoms with Crippen molar-refractivity contribution < 1.29 is 17.6 Å². The number of nitrogens with one attached hydrogen (secondary N) is 1. The van der Waals surface area contributed by atoms with Gasteiger partial charge in [0.15, 0.2) is 0 Å². The Hall–Kier alpha value is -1.67. The standard InChI is InChI=1S/C10H14FN3O3S/c11-8-4-7(5-9(12)6-8)10(15)14-2-1-3-18(13,16)17/h4-6H,1-3,12H2,(H,14,15)(H2,13,16,17). The molecule has 0 radical (unpaired) electrons. The lowest BCUT2D eigenvalue weighted by Gasteiger charge is -2.05. The molecule has 0 unspecified atom stereocenters. The van der Waals surface area contributed by atoms with E-state index in [-0.39, 0.29) is 30.0 Å². The highest BCUT2D eigenvalue weighted by Crippen LogP contribution is 2.10. The highest BCUT2D eigenvalue weighted by Gasteiger charge is 2.08. The fourth-order valence-corrected chi connectivity index (χ4v) is 1.87. The van der Waals surface area contributed by atoms with E-state index in [4.69, 9.17) is 10.9 Å². The van der Waals surface area contributed by atoms with Crippen molar-refractivity contribution in [2.45, 2.75) is 6.42 Å². The average Bonchev–Trinajstić information content (AvgIpc) is 2.21. The minimum Gasteiger partial charge on any atom is -0.399 e. The maximum absolute atomic E-state index is 13.0. The Morgan fingerprint density at radius 3 is 2.56 bits per heavy atom. The summed E-state index contributed by atoms with van der Waals surface area (Å²) in [6, 6.07) is 3.47. The molecule has 100 valence electrons. The van der Waals surface area contributed by atoms with E-state index >= 15 is 0 Å². The van der Waals surface area contributed by atoms with Crippen molar-refractivity contribution in [3.8, 4) is 0 Å². The summed E-state index contributed by atoms with van der Waals surface area (Å²) in [7, 11) is -3.53. The van der Waals surface area contributed by atoms with Crippen molar-refractivity contribution in [2.75, 3.05) is 18.0 Å². The number of nitrogens with two attached hydrogens (primary N) is 2. The van der Waals surface area contributed by atoms with Crippen molar-refractivity contribution in [3.63, 3.8) is 0 Å². The Balaban J connectivity index is 2.51. The fourth-order valence-electron chi connectivity index (χ4n) is 1.32. The second kappa shape index (κ2) is 5.78. The van der Waals surface area contributed by atoms with Gasteiger partial charge >= 0.3 is 0 Å². The maximum atomic E-state index is 13.0. The van der Waals surface area contributed by atoms with Gasteiger partial charge in [0.2, 0.25) is 10.0 Å². The van der Waals surface area contributed by atoms with Crippen molar-refractivity contribution in [3.05, 3.63) is 29.6 Å². The average molecular weight is 275 g/mol. The molecule has 6 nitrogen and oxygen atoms in total. The van der Waals surface area contributed by atoms with Gasteiger partial charge in [-0.15, -0.1) is 0 Å². The molecule has 0 fully saturated rings. The molecule has 0 aliphatic rings. The first-order valence-corrected chi connectivity index (χ1v) is 6.84. The van der Waals surface area contributed by atoms with Crippen LogP contribution in [0.4, 0.5) is 10.1 Å². The number of hydrogen-bond donors (Lipinski definition) is 3. The van der Waals surface area contributed by atoms with E-state index in [0.29, 0.717) is 0 Å². The van der Waals surface area contributed by atoms with Crippen molar-refractivity contribution in [1.29, 1.82) is 0 Å². The molecule has 0 spiro atoms. The Labute approximate surface area is 104 Å². The molecular formula is C10H14FN3O3S. The van der Waals surface area contributed by atoms with Gasteiger partial charge in [0.05, 0.1) is 5.75 Å². The summed E-state index contributed by atoms with van der Waals surface area (Å²) in [5.74, 6) is -1.35. The van der Waals surface area contributed by atoms with Crippen LogP contribution in [0, 0.1) is 5.82 Å². The predicted molar refractivity (Wildman–Crippen MR) is 65.7 cm³/mol. The van der Waals surface area contributed by atoms with Crippen LogP contribution in [0.1, 0.15) is 16.8 Å². The largest absolute Gasteiger partial charge is 0.399 e. The number of sulfonamides is 1. The normalized spacial score (nSPS) is 11.2. The van der Waals surface area contributed by atoms with E-state index in [0.717, 1.165) is 12.1 Å². The van der Waals surface area contributed by atoms with Crippen LogP contribution >= 0.6 is 0 Å². The van der Waals surface area contributed by atoms with E-state index < -0.39 is 21.7 Å². The van der Waals surface area contributed by atoms with Crippen molar-refractivity contribution >= 4 is 21.6 Å². The second-order valence-electron chi connectivity index (χ2n) is 3.75. The van der Waals surface area contributed by atoms with Crippen LogP contribution in [0.3, 0.4) is 0 Å². The van der Waals surface area contributed by atoms with E-state index in [9.17, 15) is 17.6 Å². The maximum Gasteiger partial charge on any atom is 0.251 e. The zero-order valence-electron chi connectivity index (χ0n) is 9.52. The monoisotopic (exact) mass is 275 g/mol. The number of halogens is 1. The molecule has 0 aliphatic carbocycles. The summed E-state index contributed by atoms with van der Waals surface area (Å²) in [4.78, 5) is 11.6. The molecule has 0 aromatic heterocycles. The molecule has 0 bridgehead atoms. The lowest BCUT2D eigenvalue weighted by Crippen LogP contribution is -2.27. The number of carbonyl (C=O) groups is 1. The Bertz CT molecular complexity index is 525. The van der Waals surface area contributed by atoms with Crippen LogP contribution in [0.5, 0.6) is 0 Å². The van der Waals surface area contributed by atoms with E-state index in [2.05, 4.69) is 5.32 Å². The van der Waals surface area contributed by atoms with Gasteiger partial charge < -0.3 is 11.1 Å². The van der Waals surface area contributed by atoms with Crippen LogP contribution in [0.2, 0.25) is 0 Å². The third-order valence-corrected chi connectivity index (χ3v) is 2.93. The first-order valence-electron chi connectivity index (χ1n) is 5.13. The highest BCUT2D eigenvalue weighted by atomic mass is 32.2. The zero-order chi connectivity index (χ0) is 13.8. The number of hydrogen-bond acceptors (Lipinski definition) is 4. The summed E-state index contributed by atoms with van der Waals surface area (Å²) in [6.07, 6.45) is 0.190. The number of rotatable bonds is 5. The Morgan fingerprint density at radius 2 is 2.00 bits per heavy atom. The molecule has 18 heavy (non-hydrogen) atoms. The van der Waals surface area contributed by atoms with Gasteiger partial charge in [0, 0.05) is 17.8 Å². The third kappa shape index (κ3) is 5.11. The quantitative estimate of drug-likeness (QED) is 0.510. The SMILES string of the molecule is Nc1cc(F)cc(C(=O)NCCCS(N)(=O)=O)c1. The van der Waals surface area contributed by atoms with Gasteiger partial charge in [-0.1, -0.05) is 0 Å². The summed E-state index contributed by atoms with van der Waals surface area (Å²) in [6.45, 7) is 0.131. The molecule has 1 aromatic carbocycles. The predicted octanol–water partition coefficient (Wildman–Crippen LogP) is -0.184. The Morgan fingerprint density at radius 1 is 1.33 bits per heavy atom. The van der Waals surface area contributed by atoms with Crippen LogP contribution in [-0.4, -0.2) is 26.6 Å². The summed E-state index contributed by atoms with van der Waals surface area (Å²) in [5.41, 5.74) is 5.62. The molecule has 1 aromatic rings. The number of primary sulfonamides is 1. The van der Waals surface area contributed by atoms with Gasteiger partial charge in [-0.3, -0.25) is 4.79 Å². The minimum atomic E-state index is -3.53. The zero-order valence-corrected chi connectivity index (χ0v) is 10.3. The van der Waals surface area contributed by atoms with Gasteiger partial charge in [0.25, 0.3) is 5.91 Å². The number of carbonyl (C=O) groups excluding carboxylic acids is 1. The molecule has 8 heteroatoms. The van der Waals surface area contributed by atoms with E-state index in [1.165, 1.54) is 6.07 Å². The van der Waals surface area contributed by atoms with Gasteiger partial charge in [-0.25, -0.2) is 17.9 Å². The first-order chi connectivity index (χ1) is 8.28. The van der Waals surface area contributed by atoms with Crippen LogP contribution in [-0.2, 0) is 10.0 Å². The van der Waals surface area contributed by atoms with Crippen molar-refractivity contribution in [1.82, 2.24) is 5.32 Å². The number of amides is 1. The molecule has 1 rings (SSSR count). The molecular weight excluding hydrogens is 261 g/mol. The summed E-state index contributed by atoms with van der Waals surface area (Å²) < 4.78 is 34.2. The van der Waals surface area contributed by atoms with Gasteiger partial charge in [-0.2, -0.15) is 0 Å². The van der Waals surface area contributed by atoms with Crippen LogP contribution in [0.15, 0.2) is 18.2 Å². The molecule has 0 saturated carbocycles. The number of nitrogen functional groups attached to an aromatic ring is 1. The first kappa shape index (κ1) is 14.4. The molecule has 0 atom stereocenters. The van der Waals surface area contributed by atoms with Gasteiger partial charge in [-0.05, 0) is 24.6 Å².